The normalized spacial score (nSPS) is 16.1. The van der Waals surface area contributed by atoms with Gasteiger partial charge >= 0.3 is 6.09 Å². The van der Waals surface area contributed by atoms with E-state index in [-0.39, 0.29) is 29.4 Å². The number of nitrogens with two attached hydrogens (primary N) is 1. The zero-order valence-electron chi connectivity index (χ0n) is 23.3. The van der Waals surface area contributed by atoms with Crippen LogP contribution in [0.3, 0.4) is 0 Å². The molecule has 1 unspecified atom stereocenters. The molecule has 2 N–H and O–H groups in total. The molecule has 0 spiro atoms. The Labute approximate surface area is 232 Å². The number of imidazole rings is 1. The molecule has 3 aromatic rings. The minimum Gasteiger partial charge on any atom is -0.469 e. The number of rotatable bonds is 6. The fourth-order valence-corrected chi connectivity index (χ4v) is 4.53. The minimum absolute atomic E-state index is 0.0290. The Morgan fingerprint density at radius 2 is 2.00 bits per heavy atom. The second-order valence-corrected chi connectivity index (χ2v) is 10.6. The quantitative estimate of drug-likeness (QED) is 0.273. The van der Waals surface area contributed by atoms with E-state index in [9.17, 15) is 14.4 Å². The Morgan fingerprint density at radius 3 is 2.62 bits per heavy atom. The highest BCUT2D eigenvalue weighted by atomic mass is 19.1. The molecule has 3 aromatic heterocycles. The largest absolute Gasteiger partial charge is 0.469 e. The first-order chi connectivity index (χ1) is 19.0. The summed E-state index contributed by atoms with van der Waals surface area (Å²) in [5.74, 6) is 5.57. The van der Waals surface area contributed by atoms with E-state index in [4.69, 9.17) is 20.3 Å². The molecule has 0 saturated carbocycles. The van der Waals surface area contributed by atoms with E-state index in [2.05, 4.69) is 21.1 Å². The summed E-state index contributed by atoms with van der Waals surface area (Å²) in [6.45, 7) is 10.1. The number of nitriles is 1. The van der Waals surface area contributed by atoms with Gasteiger partial charge in [0.25, 0.3) is 0 Å². The lowest BCUT2D eigenvalue weighted by atomic mass is 10.0. The smallest absolute Gasteiger partial charge is 0.410 e. The second kappa shape index (κ2) is 11.7. The number of amides is 1. The summed E-state index contributed by atoms with van der Waals surface area (Å²) >= 11 is 0. The van der Waals surface area contributed by atoms with Crippen LogP contribution >= 0.6 is 0 Å². The molecule has 1 amide bonds. The predicted octanol–water partition coefficient (Wildman–Crippen LogP) is 4.40. The van der Waals surface area contributed by atoms with Crippen molar-refractivity contribution in [2.24, 2.45) is 15.9 Å². The van der Waals surface area contributed by atoms with E-state index in [1.54, 1.807) is 24.0 Å². The Bertz CT molecular complexity index is 1490. The molecular formula is C28H33FN8O3. The number of halogens is 1. The Balaban J connectivity index is 1.58. The summed E-state index contributed by atoms with van der Waals surface area (Å²) in [5.41, 5.74) is 1.84. The molecule has 0 bridgehead atoms. The maximum absolute atomic E-state index is 14.4. The molecule has 1 fully saturated rings. The zero-order chi connectivity index (χ0) is 29.0. The second-order valence-electron chi connectivity index (χ2n) is 10.6. The molecule has 1 aliphatic rings. The third-order valence-electron chi connectivity index (χ3n) is 6.39. The van der Waals surface area contributed by atoms with E-state index < -0.39 is 17.5 Å². The van der Waals surface area contributed by atoms with Crippen molar-refractivity contribution in [1.82, 2.24) is 19.3 Å². The van der Waals surface area contributed by atoms with Gasteiger partial charge in [-0.15, -0.1) is 0 Å². The number of carbonyl (C=O) groups is 1. The van der Waals surface area contributed by atoms with E-state index >= 15 is 0 Å². The van der Waals surface area contributed by atoms with E-state index in [1.807, 2.05) is 27.7 Å². The molecule has 11 nitrogen and oxygen atoms in total. The van der Waals surface area contributed by atoms with Crippen LogP contribution in [0.2, 0.25) is 0 Å². The van der Waals surface area contributed by atoms with E-state index in [0.29, 0.717) is 48.6 Å². The highest BCUT2D eigenvalue weighted by Crippen LogP contribution is 2.27. The van der Waals surface area contributed by atoms with Crippen molar-refractivity contribution < 1.29 is 18.7 Å². The topological polar surface area (TPSA) is 143 Å². The molecule has 4 rings (SSSR count). The number of fused-ring (bicyclic) bond motifs is 1. The fraction of sp³-hybridized carbons (Fsp3) is 0.429. The van der Waals surface area contributed by atoms with Crippen molar-refractivity contribution in [1.29, 1.82) is 5.26 Å². The summed E-state index contributed by atoms with van der Waals surface area (Å²) in [5, 5.41) is 13.6. The molecule has 210 valence electrons. The number of hydrogen-bond acceptors (Lipinski definition) is 9. The number of pyridine rings is 2. The number of hydrazone groups is 1. The molecule has 0 radical (unpaired) electrons. The monoisotopic (exact) mass is 548 g/mol. The zero-order valence-corrected chi connectivity index (χ0v) is 23.3. The maximum Gasteiger partial charge on any atom is 0.410 e. The van der Waals surface area contributed by atoms with Crippen molar-refractivity contribution in [3.05, 3.63) is 59.4 Å². The fourth-order valence-electron chi connectivity index (χ4n) is 4.53. The molecule has 1 aliphatic heterocycles. The lowest BCUT2D eigenvalue weighted by Crippen LogP contribution is -2.42. The predicted molar refractivity (Wildman–Crippen MR) is 148 cm³/mol. The Kier molecular flexibility index (Phi) is 8.32. The van der Waals surface area contributed by atoms with Crippen LogP contribution < -0.4 is 10.6 Å². The highest BCUT2D eigenvalue weighted by Gasteiger charge is 2.27. The third-order valence-corrected chi connectivity index (χ3v) is 6.39. The van der Waals surface area contributed by atoms with Crippen molar-refractivity contribution in [2.45, 2.75) is 65.2 Å². The van der Waals surface area contributed by atoms with Crippen LogP contribution in [0, 0.1) is 17.1 Å². The summed E-state index contributed by atoms with van der Waals surface area (Å²) in [4.78, 5) is 27.4. The van der Waals surface area contributed by atoms with Crippen molar-refractivity contribution in [2.75, 3.05) is 13.1 Å². The summed E-state index contributed by atoms with van der Waals surface area (Å²) in [6.07, 6.45) is 3.15. The van der Waals surface area contributed by atoms with Gasteiger partial charge in [-0.1, -0.05) is 0 Å². The van der Waals surface area contributed by atoms with Gasteiger partial charge in [0.1, 0.15) is 46.3 Å². The van der Waals surface area contributed by atoms with Crippen LogP contribution in [0.25, 0.3) is 5.65 Å². The van der Waals surface area contributed by atoms with Crippen LogP contribution in [-0.2, 0) is 4.74 Å². The average molecular weight is 549 g/mol. The van der Waals surface area contributed by atoms with Gasteiger partial charge in [0.05, 0.1) is 18.0 Å². The number of aliphatic imine (C=N–C) groups is 1. The summed E-state index contributed by atoms with van der Waals surface area (Å²) in [6, 6.07) is 8.28. The number of hydrogen-bond donors (Lipinski definition) is 1. The van der Waals surface area contributed by atoms with Gasteiger partial charge in [-0.25, -0.2) is 14.2 Å². The van der Waals surface area contributed by atoms with Crippen LogP contribution in [-0.4, -0.2) is 61.5 Å². The average Bonchev–Trinajstić information content (AvgIpc) is 3.32. The van der Waals surface area contributed by atoms with Gasteiger partial charge in [-0.3, -0.25) is 14.4 Å². The number of ether oxygens (including phenoxy) is 2. The first kappa shape index (κ1) is 28.5. The lowest BCUT2D eigenvalue weighted by Gasteiger charge is -2.32. The standard InChI is InChI=1S/C28H33FN8O3/c1-17(34-20-8-11-36(12-9-20)27(38)40-28(3,4)5)25(35-31)19-13-23-33-16-21(15-30)37(23)24(14-19)39-18(2)26-22(29)7-6-10-32-26/h6-7,10,13-14,16,18,20H,8-9,11-12,31H2,1-5H3/b34-17?,35-25+. The summed E-state index contributed by atoms with van der Waals surface area (Å²) in [7, 11) is 0. The van der Waals surface area contributed by atoms with Crippen LogP contribution in [0.4, 0.5) is 9.18 Å². The number of piperidine rings is 1. The van der Waals surface area contributed by atoms with Gasteiger partial charge in [0.15, 0.2) is 0 Å². The molecular weight excluding hydrogens is 515 g/mol. The van der Waals surface area contributed by atoms with Crippen LogP contribution in [0.1, 0.15) is 70.5 Å². The van der Waals surface area contributed by atoms with Gasteiger partial charge in [0.2, 0.25) is 5.88 Å². The van der Waals surface area contributed by atoms with Gasteiger partial charge in [0, 0.05) is 30.9 Å². The Morgan fingerprint density at radius 1 is 1.27 bits per heavy atom. The van der Waals surface area contributed by atoms with Crippen LogP contribution in [0.5, 0.6) is 5.88 Å². The third kappa shape index (κ3) is 6.36. The first-order valence-electron chi connectivity index (χ1n) is 13.0. The Hall–Kier alpha value is -4.53. The SMILES string of the molecule is CC(=NC1CCN(C(=O)OC(C)(C)C)CC1)/C(=N\N)c1cc(OC(C)c2ncccc2F)n2c(C#N)cnc2c1. The number of nitrogens with zero attached hydrogens (tertiary/aromatic N) is 7. The molecule has 0 aromatic carbocycles. The van der Waals surface area contributed by atoms with E-state index in [1.165, 1.54) is 28.9 Å². The first-order valence-corrected chi connectivity index (χ1v) is 13.0. The van der Waals surface area contributed by atoms with Gasteiger partial charge in [-0.2, -0.15) is 10.4 Å². The number of aromatic nitrogens is 3. The van der Waals surface area contributed by atoms with E-state index in [0.717, 1.165) is 0 Å². The molecule has 4 heterocycles. The molecule has 0 aliphatic carbocycles. The van der Waals surface area contributed by atoms with Crippen LogP contribution in [0.15, 0.2) is 46.8 Å². The van der Waals surface area contributed by atoms with Gasteiger partial charge < -0.3 is 20.2 Å². The number of likely N-dealkylation sites (tertiary alicyclic amines) is 1. The summed E-state index contributed by atoms with van der Waals surface area (Å²) < 4.78 is 27.5. The molecule has 40 heavy (non-hydrogen) atoms. The van der Waals surface area contributed by atoms with Gasteiger partial charge in [-0.05, 0) is 65.7 Å². The molecule has 1 atom stereocenters. The molecule has 1 saturated heterocycles. The lowest BCUT2D eigenvalue weighted by molar-refractivity contribution is 0.0207. The minimum atomic E-state index is -0.767. The maximum atomic E-state index is 14.4. The highest BCUT2D eigenvalue weighted by molar-refractivity contribution is 6.47. The van der Waals surface area contributed by atoms with Crippen molar-refractivity contribution >= 4 is 23.2 Å². The van der Waals surface area contributed by atoms with Crippen molar-refractivity contribution in [3.8, 4) is 11.9 Å². The molecule has 12 heteroatoms. The number of carbonyl (C=O) groups excluding carboxylic acids is 1. The van der Waals surface area contributed by atoms with Crippen molar-refractivity contribution in [3.63, 3.8) is 0 Å².